The first kappa shape index (κ1) is 12.9. The highest BCUT2D eigenvalue weighted by Crippen LogP contribution is 2.22. The van der Waals surface area contributed by atoms with Crippen molar-refractivity contribution >= 4 is 11.8 Å². The van der Waals surface area contributed by atoms with Gasteiger partial charge in [-0.1, -0.05) is 6.07 Å². The minimum atomic E-state index is 0.335. The summed E-state index contributed by atoms with van der Waals surface area (Å²) in [6, 6.07) is 4.57. The number of hydrogen-bond donors (Lipinski definition) is 1. The molecule has 0 amide bonds. The van der Waals surface area contributed by atoms with E-state index in [1.807, 2.05) is 24.9 Å². The Balaban J connectivity index is 2.11. The summed E-state index contributed by atoms with van der Waals surface area (Å²) < 4.78 is 0. The van der Waals surface area contributed by atoms with Crippen molar-refractivity contribution in [2.45, 2.75) is 19.4 Å². The van der Waals surface area contributed by atoms with Gasteiger partial charge in [-0.3, -0.25) is 9.88 Å². The fourth-order valence-corrected chi connectivity index (χ4v) is 3.15. The largest absolute Gasteiger partial charge is 0.329 e. The molecule has 1 fully saturated rings. The van der Waals surface area contributed by atoms with Crippen LogP contribution in [0.5, 0.6) is 0 Å². The zero-order valence-electron chi connectivity index (χ0n) is 10.4. The van der Waals surface area contributed by atoms with Crippen LogP contribution in [0, 0.1) is 6.92 Å². The fraction of sp³-hybridized carbons (Fsp3) is 0.615. The standard InChI is InChI=1S/C13H21N3S/c1-11-3-4-12(10-15-11)13(9-14)16-5-2-7-17-8-6-16/h3-4,10,13H,2,5-9,14H2,1H3. The molecule has 4 heteroatoms. The van der Waals surface area contributed by atoms with Gasteiger partial charge in [0, 0.05) is 36.8 Å². The molecule has 0 aromatic carbocycles. The van der Waals surface area contributed by atoms with Crippen LogP contribution in [-0.2, 0) is 0 Å². The lowest BCUT2D eigenvalue weighted by Gasteiger charge is -2.29. The van der Waals surface area contributed by atoms with E-state index in [-0.39, 0.29) is 0 Å². The highest BCUT2D eigenvalue weighted by Gasteiger charge is 2.20. The number of hydrogen-bond acceptors (Lipinski definition) is 4. The van der Waals surface area contributed by atoms with Crippen LogP contribution in [0.2, 0.25) is 0 Å². The van der Waals surface area contributed by atoms with E-state index in [0.29, 0.717) is 12.6 Å². The number of nitrogens with two attached hydrogens (primary N) is 1. The van der Waals surface area contributed by atoms with Gasteiger partial charge in [0.25, 0.3) is 0 Å². The number of aryl methyl sites for hydroxylation is 1. The summed E-state index contributed by atoms with van der Waals surface area (Å²) in [5.74, 6) is 2.50. The first-order valence-corrected chi connectivity index (χ1v) is 7.41. The van der Waals surface area contributed by atoms with Gasteiger partial charge in [-0.05, 0) is 37.3 Å². The molecular formula is C13H21N3S. The third kappa shape index (κ3) is 3.44. The Hall–Kier alpha value is -0.580. The van der Waals surface area contributed by atoms with Crippen molar-refractivity contribution in [3.05, 3.63) is 29.6 Å². The molecule has 0 saturated carbocycles. The molecule has 17 heavy (non-hydrogen) atoms. The molecule has 94 valence electrons. The second kappa shape index (κ2) is 6.38. The van der Waals surface area contributed by atoms with Crippen LogP contribution in [0.25, 0.3) is 0 Å². The molecule has 0 bridgehead atoms. The number of pyridine rings is 1. The van der Waals surface area contributed by atoms with Crippen LogP contribution in [0.3, 0.4) is 0 Å². The normalized spacial score (nSPS) is 19.9. The van der Waals surface area contributed by atoms with Crippen LogP contribution in [0.4, 0.5) is 0 Å². The van der Waals surface area contributed by atoms with E-state index in [1.165, 1.54) is 23.5 Å². The minimum absolute atomic E-state index is 0.335. The number of rotatable bonds is 3. The molecule has 2 heterocycles. The van der Waals surface area contributed by atoms with Crippen molar-refractivity contribution in [2.75, 3.05) is 31.1 Å². The van der Waals surface area contributed by atoms with Gasteiger partial charge in [0.05, 0.1) is 0 Å². The van der Waals surface area contributed by atoms with Crippen LogP contribution in [-0.4, -0.2) is 41.0 Å². The molecular weight excluding hydrogens is 230 g/mol. The highest BCUT2D eigenvalue weighted by molar-refractivity contribution is 7.99. The van der Waals surface area contributed by atoms with Crippen LogP contribution in [0.15, 0.2) is 18.3 Å². The SMILES string of the molecule is Cc1ccc(C(CN)N2CCCSCC2)cn1. The van der Waals surface area contributed by atoms with Crippen molar-refractivity contribution in [3.8, 4) is 0 Å². The maximum Gasteiger partial charge on any atom is 0.0486 e. The molecule has 1 aromatic rings. The van der Waals surface area contributed by atoms with Crippen molar-refractivity contribution in [1.82, 2.24) is 9.88 Å². The summed E-state index contributed by atoms with van der Waals surface area (Å²) >= 11 is 2.05. The molecule has 1 aliphatic rings. The molecule has 2 N–H and O–H groups in total. The van der Waals surface area contributed by atoms with Crippen molar-refractivity contribution in [3.63, 3.8) is 0 Å². The van der Waals surface area contributed by atoms with Gasteiger partial charge in [0.2, 0.25) is 0 Å². The molecule has 1 aromatic heterocycles. The van der Waals surface area contributed by atoms with E-state index in [4.69, 9.17) is 5.73 Å². The zero-order valence-corrected chi connectivity index (χ0v) is 11.2. The Kier molecular flexibility index (Phi) is 4.83. The predicted octanol–water partition coefficient (Wildman–Crippen LogP) is 1.83. The first-order valence-electron chi connectivity index (χ1n) is 6.25. The lowest BCUT2D eigenvalue weighted by atomic mass is 10.1. The predicted molar refractivity (Wildman–Crippen MR) is 74.3 cm³/mol. The van der Waals surface area contributed by atoms with Crippen LogP contribution >= 0.6 is 11.8 Å². The van der Waals surface area contributed by atoms with E-state index < -0.39 is 0 Å². The average Bonchev–Trinajstić information content (AvgIpc) is 2.62. The molecule has 1 unspecified atom stereocenters. The van der Waals surface area contributed by atoms with Gasteiger partial charge in [-0.15, -0.1) is 0 Å². The molecule has 0 radical (unpaired) electrons. The van der Waals surface area contributed by atoms with Gasteiger partial charge >= 0.3 is 0 Å². The Morgan fingerprint density at radius 2 is 2.29 bits per heavy atom. The topological polar surface area (TPSA) is 42.1 Å². The number of thioether (sulfide) groups is 1. The number of aromatic nitrogens is 1. The lowest BCUT2D eigenvalue weighted by Crippen LogP contribution is -2.35. The zero-order chi connectivity index (χ0) is 12.1. The quantitative estimate of drug-likeness (QED) is 0.890. The van der Waals surface area contributed by atoms with Crippen LogP contribution < -0.4 is 5.73 Å². The van der Waals surface area contributed by atoms with Gasteiger partial charge in [-0.25, -0.2) is 0 Å². The molecule has 1 atom stereocenters. The Labute approximate surface area is 108 Å². The first-order chi connectivity index (χ1) is 8.31. The monoisotopic (exact) mass is 251 g/mol. The van der Waals surface area contributed by atoms with E-state index in [2.05, 4.69) is 22.0 Å². The minimum Gasteiger partial charge on any atom is -0.329 e. The number of nitrogens with zero attached hydrogens (tertiary/aromatic N) is 2. The van der Waals surface area contributed by atoms with E-state index in [1.54, 1.807) is 0 Å². The molecule has 2 rings (SSSR count). The molecule has 3 nitrogen and oxygen atoms in total. The summed E-state index contributed by atoms with van der Waals surface area (Å²) in [6.45, 7) is 4.99. The van der Waals surface area contributed by atoms with Gasteiger partial charge in [0.15, 0.2) is 0 Å². The third-order valence-electron chi connectivity index (χ3n) is 3.24. The lowest BCUT2D eigenvalue weighted by molar-refractivity contribution is 0.217. The Morgan fingerprint density at radius 1 is 1.41 bits per heavy atom. The van der Waals surface area contributed by atoms with Crippen molar-refractivity contribution in [2.24, 2.45) is 5.73 Å². The van der Waals surface area contributed by atoms with Gasteiger partial charge in [-0.2, -0.15) is 11.8 Å². The summed E-state index contributed by atoms with van der Waals surface area (Å²) in [5.41, 5.74) is 8.27. The summed E-state index contributed by atoms with van der Waals surface area (Å²) in [6.07, 6.45) is 3.24. The van der Waals surface area contributed by atoms with Gasteiger partial charge in [0.1, 0.15) is 0 Å². The maximum absolute atomic E-state index is 5.95. The second-order valence-corrected chi connectivity index (χ2v) is 5.71. The van der Waals surface area contributed by atoms with Gasteiger partial charge < -0.3 is 5.73 Å². The van der Waals surface area contributed by atoms with E-state index >= 15 is 0 Å². The second-order valence-electron chi connectivity index (χ2n) is 4.49. The summed E-state index contributed by atoms with van der Waals surface area (Å²) in [4.78, 5) is 6.89. The van der Waals surface area contributed by atoms with Crippen molar-refractivity contribution in [1.29, 1.82) is 0 Å². The highest BCUT2D eigenvalue weighted by atomic mass is 32.2. The summed E-state index contributed by atoms with van der Waals surface area (Å²) in [5, 5.41) is 0. The Bertz CT molecular complexity index is 331. The average molecular weight is 251 g/mol. The Morgan fingerprint density at radius 3 is 3.00 bits per heavy atom. The third-order valence-corrected chi connectivity index (χ3v) is 4.29. The van der Waals surface area contributed by atoms with Crippen molar-refractivity contribution < 1.29 is 0 Å². The maximum atomic E-state index is 5.95. The molecule has 1 aliphatic heterocycles. The molecule has 0 aliphatic carbocycles. The molecule has 1 saturated heterocycles. The van der Waals surface area contributed by atoms with E-state index in [0.717, 1.165) is 18.8 Å². The fourth-order valence-electron chi connectivity index (χ4n) is 2.25. The van der Waals surface area contributed by atoms with Crippen LogP contribution in [0.1, 0.15) is 23.7 Å². The molecule has 0 spiro atoms. The smallest absolute Gasteiger partial charge is 0.0486 e. The van der Waals surface area contributed by atoms with E-state index in [9.17, 15) is 0 Å². The summed E-state index contributed by atoms with van der Waals surface area (Å²) in [7, 11) is 0.